The minimum Gasteiger partial charge on any atom is -0.363 e. The highest BCUT2D eigenvalue weighted by atomic mass is 32.2. The first-order valence-corrected chi connectivity index (χ1v) is 7.23. The molecule has 0 aliphatic heterocycles. The van der Waals surface area contributed by atoms with Crippen LogP contribution >= 0.6 is 0 Å². The highest BCUT2D eigenvalue weighted by Gasteiger charge is 1.89. The van der Waals surface area contributed by atoms with Crippen molar-refractivity contribution in [2.75, 3.05) is 45.6 Å². The van der Waals surface area contributed by atoms with Crippen LogP contribution in [0.5, 0.6) is 0 Å². The predicted octanol–water partition coefficient (Wildman–Crippen LogP) is 0.847. The quantitative estimate of drug-likeness (QED) is 0.750. The molecule has 0 aromatic carbocycles. The van der Waals surface area contributed by atoms with E-state index < -0.39 is 10.8 Å². The molecule has 6 heteroatoms. The third-order valence-corrected chi connectivity index (χ3v) is 1.32. The molecule has 1 aromatic heterocycles. The van der Waals surface area contributed by atoms with Gasteiger partial charge in [0.15, 0.2) is 0 Å². The molecule has 0 saturated heterocycles. The smallest absolute Gasteiger partial charge is 0.209 e. The molecule has 1 amide bonds. The Balaban J connectivity index is 0. The van der Waals surface area contributed by atoms with Crippen molar-refractivity contribution >= 4 is 23.0 Å². The van der Waals surface area contributed by atoms with Gasteiger partial charge in [-0.2, -0.15) is 0 Å². The molecular formula is C12H23N3O2S. The van der Waals surface area contributed by atoms with Gasteiger partial charge in [0.2, 0.25) is 6.41 Å². The lowest BCUT2D eigenvalue weighted by atomic mass is 10.4. The number of rotatable bonds is 2. The van der Waals surface area contributed by atoms with Crippen molar-refractivity contribution in [2.45, 2.75) is 0 Å². The maximum Gasteiger partial charge on any atom is 0.209 e. The summed E-state index contributed by atoms with van der Waals surface area (Å²) < 4.78 is 9.56. The van der Waals surface area contributed by atoms with E-state index in [-0.39, 0.29) is 0 Å². The number of amides is 1. The summed E-state index contributed by atoms with van der Waals surface area (Å²) in [5.41, 5.74) is 0. The largest absolute Gasteiger partial charge is 0.363 e. The molecule has 0 unspecified atom stereocenters. The first kappa shape index (κ1) is 18.9. The summed E-state index contributed by atoms with van der Waals surface area (Å²) in [5.74, 6) is 0.998. The molecule has 0 atom stereocenters. The van der Waals surface area contributed by atoms with E-state index in [0.29, 0.717) is 0 Å². The number of hydrogen-bond acceptors (Lipinski definition) is 4. The van der Waals surface area contributed by atoms with E-state index in [4.69, 9.17) is 0 Å². The standard InChI is InChI=1S/C7H10N2.C3H7NO.C2H6OS/c1-9(2)7-5-3-4-6-8-7;1-4(2)3-5;1-4(2)3/h3-6H,1-2H3;3H,1-2H3;1-2H3. The van der Waals surface area contributed by atoms with Gasteiger partial charge in [0.1, 0.15) is 5.82 Å². The molecule has 18 heavy (non-hydrogen) atoms. The van der Waals surface area contributed by atoms with Gasteiger partial charge >= 0.3 is 0 Å². The Morgan fingerprint density at radius 1 is 1.17 bits per heavy atom. The fraction of sp³-hybridized carbons (Fsp3) is 0.500. The number of hydrogen-bond donors (Lipinski definition) is 0. The Labute approximate surface area is 112 Å². The third-order valence-electron chi connectivity index (χ3n) is 1.32. The van der Waals surface area contributed by atoms with Gasteiger partial charge < -0.3 is 9.80 Å². The van der Waals surface area contributed by atoms with Crippen molar-refractivity contribution in [3.63, 3.8) is 0 Å². The van der Waals surface area contributed by atoms with E-state index in [1.54, 1.807) is 32.8 Å². The third kappa shape index (κ3) is 17.0. The Morgan fingerprint density at radius 3 is 1.78 bits per heavy atom. The van der Waals surface area contributed by atoms with Crippen LogP contribution in [-0.4, -0.2) is 61.2 Å². The number of pyridine rings is 1. The zero-order valence-corrected chi connectivity index (χ0v) is 12.8. The molecule has 0 fully saturated rings. The zero-order chi connectivity index (χ0) is 14.6. The summed E-state index contributed by atoms with van der Waals surface area (Å²) in [6.07, 6.45) is 5.81. The van der Waals surface area contributed by atoms with Gasteiger partial charge in [-0.3, -0.25) is 9.00 Å². The van der Waals surface area contributed by atoms with Crippen LogP contribution in [-0.2, 0) is 15.6 Å². The van der Waals surface area contributed by atoms with Crippen LogP contribution in [0.1, 0.15) is 0 Å². The predicted molar refractivity (Wildman–Crippen MR) is 78.3 cm³/mol. The summed E-state index contributed by atoms with van der Waals surface area (Å²) in [6.45, 7) is 0. The van der Waals surface area contributed by atoms with Crippen LogP contribution in [0.3, 0.4) is 0 Å². The highest BCUT2D eigenvalue weighted by Crippen LogP contribution is 2.02. The SMILES string of the molecule is CN(C)C=O.CN(C)c1ccccn1.CS(C)=O. The van der Waals surface area contributed by atoms with Gasteiger partial charge in [-0.1, -0.05) is 6.07 Å². The lowest BCUT2D eigenvalue weighted by molar-refractivity contribution is -0.115. The summed E-state index contributed by atoms with van der Waals surface area (Å²) in [6, 6.07) is 5.86. The van der Waals surface area contributed by atoms with E-state index >= 15 is 0 Å². The Hall–Kier alpha value is -1.43. The Bertz CT molecular complexity index is 325. The van der Waals surface area contributed by atoms with Crippen LogP contribution in [0, 0.1) is 0 Å². The van der Waals surface area contributed by atoms with Crippen LogP contribution in [0.25, 0.3) is 0 Å². The van der Waals surface area contributed by atoms with Crippen molar-refractivity contribution in [3.05, 3.63) is 24.4 Å². The van der Waals surface area contributed by atoms with Crippen molar-refractivity contribution < 1.29 is 9.00 Å². The molecular weight excluding hydrogens is 250 g/mol. The number of aromatic nitrogens is 1. The second kappa shape index (κ2) is 12.0. The van der Waals surface area contributed by atoms with Gasteiger partial charge in [-0.15, -0.1) is 0 Å². The average Bonchev–Trinajstić information content (AvgIpc) is 2.30. The maximum atomic E-state index is 9.56. The first-order valence-electron chi connectivity index (χ1n) is 5.26. The molecule has 0 aliphatic rings. The zero-order valence-electron chi connectivity index (χ0n) is 12.0. The van der Waals surface area contributed by atoms with Gasteiger partial charge in [0, 0.05) is 57.7 Å². The normalized spacial score (nSPS) is 8.39. The van der Waals surface area contributed by atoms with E-state index in [1.165, 1.54) is 4.90 Å². The van der Waals surface area contributed by atoms with Gasteiger partial charge in [0.05, 0.1) is 0 Å². The van der Waals surface area contributed by atoms with Crippen LogP contribution in [0.15, 0.2) is 24.4 Å². The molecule has 1 aromatic rings. The minimum absolute atomic E-state index is 0.611. The summed E-state index contributed by atoms with van der Waals surface area (Å²) in [4.78, 5) is 17.0. The molecule has 0 radical (unpaired) electrons. The number of carbonyl (C=O) groups is 1. The average molecular weight is 273 g/mol. The molecule has 5 nitrogen and oxygen atoms in total. The van der Waals surface area contributed by atoms with E-state index in [9.17, 15) is 9.00 Å². The Kier molecular flexibility index (Phi) is 12.7. The molecule has 0 saturated carbocycles. The van der Waals surface area contributed by atoms with E-state index in [1.807, 2.05) is 37.2 Å². The van der Waals surface area contributed by atoms with Crippen molar-refractivity contribution in [3.8, 4) is 0 Å². The number of carbonyl (C=O) groups excluding carboxylic acids is 1. The fourth-order valence-electron chi connectivity index (χ4n) is 0.618. The topological polar surface area (TPSA) is 53.5 Å². The van der Waals surface area contributed by atoms with E-state index in [2.05, 4.69) is 4.98 Å². The molecule has 0 spiro atoms. The van der Waals surface area contributed by atoms with Gasteiger partial charge in [-0.25, -0.2) is 4.98 Å². The van der Waals surface area contributed by atoms with Crippen LogP contribution in [0.4, 0.5) is 5.82 Å². The monoisotopic (exact) mass is 273 g/mol. The molecule has 104 valence electrons. The molecule has 1 rings (SSSR count). The fourth-order valence-corrected chi connectivity index (χ4v) is 0.618. The van der Waals surface area contributed by atoms with Crippen molar-refractivity contribution in [1.82, 2.24) is 9.88 Å². The molecule has 0 N–H and O–H groups in total. The molecule has 0 bridgehead atoms. The molecule has 1 heterocycles. The van der Waals surface area contributed by atoms with E-state index in [0.717, 1.165) is 12.2 Å². The van der Waals surface area contributed by atoms with Gasteiger partial charge in [-0.05, 0) is 12.1 Å². The minimum atomic E-state index is -0.611. The maximum absolute atomic E-state index is 9.56. The summed E-state index contributed by atoms with van der Waals surface area (Å²) >= 11 is 0. The summed E-state index contributed by atoms with van der Waals surface area (Å²) in [7, 11) is 6.71. The lowest BCUT2D eigenvalue weighted by Crippen LogP contribution is -2.09. The first-order chi connectivity index (χ1) is 8.31. The van der Waals surface area contributed by atoms with Crippen molar-refractivity contribution in [2.24, 2.45) is 0 Å². The lowest BCUT2D eigenvalue weighted by Gasteiger charge is -2.08. The second-order valence-corrected chi connectivity index (χ2v) is 5.38. The number of nitrogens with zero attached hydrogens (tertiary/aromatic N) is 3. The summed E-state index contributed by atoms with van der Waals surface area (Å²) in [5, 5.41) is 0. The number of anilines is 1. The highest BCUT2D eigenvalue weighted by molar-refractivity contribution is 7.83. The molecule has 0 aliphatic carbocycles. The van der Waals surface area contributed by atoms with Crippen LogP contribution < -0.4 is 4.90 Å². The van der Waals surface area contributed by atoms with Crippen LogP contribution in [0.2, 0.25) is 0 Å². The van der Waals surface area contributed by atoms with Crippen molar-refractivity contribution in [1.29, 1.82) is 0 Å². The van der Waals surface area contributed by atoms with Gasteiger partial charge in [0.25, 0.3) is 0 Å². The second-order valence-electron chi connectivity index (χ2n) is 3.89. The Morgan fingerprint density at radius 2 is 1.61 bits per heavy atom.